The number of aliphatic imine (C=N–C) groups is 1. The highest BCUT2D eigenvalue weighted by Gasteiger charge is 2.19. The van der Waals surface area contributed by atoms with Gasteiger partial charge in [-0.15, -0.1) is 0 Å². The number of benzene rings is 1. The summed E-state index contributed by atoms with van der Waals surface area (Å²) >= 11 is 0. The van der Waals surface area contributed by atoms with Crippen molar-refractivity contribution in [3.63, 3.8) is 0 Å². The molecule has 2 aliphatic rings. The monoisotopic (exact) mass is 298 g/mol. The summed E-state index contributed by atoms with van der Waals surface area (Å²) in [7, 11) is 0. The van der Waals surface area contributed by atoms with Crippen LogP contribution in [0.15, 0.2) is 41.5 Å². The molecule has 4 nitrogen and oxygen atoms in total. The van der Waals surface area contributed by atoms with E-state index in [9.17, 15) is 0 Å². The van der Waals surface area contributed by atoms with Gasteiger partial charge >= 0.3 is 0 Å². The van der Waals surface area contributed by atoms with Crippen LogP contribution in [0.25, 0.3) is 0 Å². The Bertz CT molecular complexity index is 527. The fourth-order valence-corrected chi connectivity index (χ4v) is 3.07. The molecule has 0 saturated carbocycles. The smallest absolute Gasteiger partial charge is 0.108 e. The van der Waals surface area contributed by atoms with E-state index in [0.29, 0.717) is 12.0 Å². The Kier molecular flexibility index (Phi) is 5.11. The molecule has 1 aromatic rings. The Morgan fingerprint density at radius 1 is 1.27 bits per heavy atom. The van der Waals surface area contributed by atoms with Crippen LogP contribution in [0.2, 0.25) is 0 Å². The van der Waals surface area contributed by atoms with Crippen LogP contribution in [-0.2, 0) is 0 Å². The Morgan fingerprint density at radius 3 is 2.86 bits per heavy atom. The van der Waals surface area contributed by atoms with Crippen LogP contribution >= 0.6 is 0 Å². The van der Waals surface area contributed by atoms with Gasteiger partial charge in [0.2, 0.25) is 0 Å². The predicted octanol–water partition coefficient (Wildman–Crippen LogP) is 2.86. The van der Waals surface area contributed by atoms with E-state index in [1.54, 1.807) is 0 Å². The first-order chi connectivity index (χ1) is 10.9. The van der Waals surface area contributed by atoms with E-state index in [0.717, 1.165) is 38.3 Å². The minimum Gasteiger partial charge on any atom is -0.381 e. The average molecular weight is 298 g/mol. The first kappa shape index (κ1) is 15.1. The third kappa shape index (κ3) is 3.69. The Labute approximate surface area is 133 Å². The number of nitrogens with one attached hydrogen (secondary N) is 3. The average Bonchev–Trinajstić information content (AvgIpc) is 3.07. The van der Waals surface area contributed by atoms with Gasteiger partial charge < -0.3 is 16.0 Å². The summed E-state index contributed by atoms with van der Waals surface area (Å²) in [6.07, 6.45) is 7.50. The molecule has 0 amide bonds. The van der Waals surface area contributed by atoms with Gasteiger partial charge in [-0.1, -0.05) is 25.1 Å². The molecule has 1 aromatic carbocycles. The quantitative estimate of drug-likeness (QED) is 0.783. The summed E-state index contributed by atoms with van der Waals surface area (Å²) in [4.78, 5) is 4.70. The Balaban J connectivity index is 1.69. The molecule has 2 unspecified atom stereocenters. The highest BCUT2D eigenvalue weighted by atomic mass is 15.0. The fraction of sp³-hybridized carbons (Fsp3) is 0.500. The normalized spacial score (nSPS) is 26.1. The molecule has 4 heteroatoms. The van der Waals surface area contributed by atoms with E-state index >= 15 is 0 Å². The second-order valence-electron chi connectivity index (χ2n) is 6.06. The van der Waals surface area contributed by atoms with Crippen molar-refractivity contribution in [2.45, 2.75) is 38.1 Å². The van der Waals surface area contributed by atoms with Gasteiger partial charge in [-0.05, 0) is 49.7 Å². The lowest BCUT2D eigenvalue weighted by Gasteiger charge is -2.23. The molecular formula is C18H26N4. The molecule has 22 heavy (non-hydrogen) atoms. The first-order valence-electron chi connectivity index (χ1n) is 8.40. The van der Waals surface area contributed by atoms with Gasteiger partial charge in [-0.25, -0.2) is 0 Å². The van der Waals surface area contributed by atoms with E-state index in [2.05, 4.69) is 53.2 Å². The van der Waals surface area contributed by atoms with Crippen LogP contribution in [-0.4, -0.2) is 31.5 Å². The summed E-state index contributed by atoms with van der Waals surface area (Å²) in [5.41, 5.74) is 2.55. The van der Waals surface area contributed by atoms with Crippen molar-refractivity contribution in [3.8, 4) is 0 Å². The van der Waals surface area contributed by atoms with Crippen molar-refractivity contribution in [3.05, 3.63) is 42.1 Å². The van der Waals surface area contributed by atoms with Crippen LogP contribution < -0.4 is 16.0 Å². The molecule has 1 saturated heterocycles. The van der Waals surface area contributed by atoms with Crippen molar-refractivity contribution >= 4 is 11.5 Å². The Morgan fingerprint density at radius 2 is 2.14 bits per heavy atom. The molecule has 2 atom stereocenters. The summed E-state index contributed by atoms with van der Waals surface area (Å²) < 4.78 is 0. The number of anilines is 1. The highest BCUT2D eigenvalue weighted by Crippen LogP contribution is 2.25. The molecule has 0 bridgehead atoms. The van der Waals surface area contributed by atoms with Gasteiger partial charge in [0.25, 0.3) is 0 Å². The van der Waals surface area contributed by atoms with E-state index in [-0.39, 0.29) is 0 Å². The number of nitrogens with zero attached hydrogens (tertiary/aromatic N) is 1. The zero-order valence-electron chi connectivity index (χ0n) is 13.3. The molecule has 0 radical (unpaired) electrons. The SMILES string of the molecule is CCCN=C1NC=CCC1c1ccc(NC2CCNC2)cc1. The van der Waals surface area contributed by atoms with E-state index in [4.69, 9.17) is 4.99 Å². The van der Waals surface area contributed by atoms with Gasteiger partial charge in [0.15, 0.2) is 0 Å². The van der Waals surface area contributed by atoms with Crippen LogP contribution in [0.4, 0.5) is 5.69 Å². The number of hydrogen-bond acceptors (Lipinski definition) is 3. The number of hydrogen-bond donors (Lipinski definition) is 3. The third-order valence-electron chi connectivity index (χ3n) is 4.30. The number of rotatable bonds is 5. The maximum atomic E-state index is 4.70. The largest absolute Gasteiger partial charge is 0.381 e. The molecular weight excluding hydrogens is 272 g/mol. The summed E-state index contributed by atoms with van der Waals surface area (Å²) in [6, 6.07) is 9.43. The van der Waals surface area contributed by atoms with Crippen LogP contribution in [0, 0.1) is 0 Å². The molecule has 0 aromatic heterocycles. The topological polar surface area (TPSA) is 48.5 Å². The second kappa shape index (κ2) is 7.45. The maximum absolute atomic E-state index is 4.70. The van der Waals surface area contributed by atoms with Crippen molar-refractivity contribution in [2.24, 2.45) is 4.99 Å². The summed E-state index contributed by atoms with van der Waals surface area (Å²) in [5, 5.41) is 10.3. The summed E-state index contributed by atoms with van der Waals surface area (Å²) in [6.45, 7) is 5.23. The molecule has 118 valence electrons. The van der Waals surface area contributed by atoms with Crippen LogP contribution in [0.5, 0.6) is 0 Å². The zero-order chi connectivity index (χ0) is 15.2. The van der Waals surface area contributed by atoms with E-state index < -0.39 is 0 Å². The molecule has 1 fully saturated rings. The van der Waals surface area contributed by atoms with Crippen LogP contribution in [0.3, 0.4) is 0 Å². The zero-order valence-corrected chi connectivity index (χ0v) is 13.3. The van der Waals surface area contributed by atoms with Crippen molar-refractivity contribution in [2.75, 3.05) is 25.0 Å². The minimum absolute atomic E-state index is 0.360. The molecule has 2 heterocycles. The third-order valence-corrected chi connectivity index (χ3v) is 4.30. The highest BCUT2D eigenvalue weighted by molar-refractivity contribution is 5.90. The van der Waals surface area contributed by atoms with E-state index in [1.165, 1.54) is 17.7 Å². The molecule has 0 spiro atoms. The predicted molar refractivity (Wildman–Crippen MR) is 93.6 cm³/mol. The minimum atomic E-state index is 0.360. The fourth-order valence-electron chi connectivity index (χ4n) is 3.07. The Hall–Kier alpha value is -1.81. The number of amidine groups is 1. The van der Waals surface area contributed by atoms with E-state index in [1.807, 2.05) is 6.20 Å². The molecule has 0 aliphatic carbocycles. The maximum Gasteiger partial charge on any atom is 0.108 e. The van der Waals surface area contributed by atoms with Crippen molar-refractivity contribution in [1.29, 1.82) is 0 Å². The molecule has 3 N–H and O–H groups in total. The van der Waals surface area contributed by atoms with Gasteiger partial charge in [0.05, 0.1) is 0 Å². The van der Waals surface area contributed by atoms with Gasteiger partial charge in [0.1, 0.15) is 5.84 Å². The standard InChI is InChI=1S/C18H26N4/c1-2-10-20-18-17(4-3-11-21-18)14-5-7-15(8-6-14)22-16-9-12-19-13-16/h3,5-8,11,16-17,19,22H,2,4,9-10,12-13H2,1H3,(H,20,21). The van der Waals surface area contributed by atoms with Crippen LogP contribution in [0.1, 0.15) is 37.7 Å². The van der Waals surface area contributed by atoms with Gasteiger partial charge in [-0.2, -0.15) is 0 Å². The van der Waals surface area contributed by atoms with Gasteiger partial charge in [0, 0.05) is 30.7 Å². The second-order valence-corrected chi connectivity index (χ2v) is 6.06. The lowest BCUT2D eigenvalue weighted by atomic mass is 9.92. The molecule has 2 aliphatic heterocycles. The molecule has 3 rings (SSSR count). The number of allylic oxidation sites excluding steroid dienone is 1. The van der Waals surface area contributed by atoms with Crippen molar-refractivity contribution in [1.82, 2.24) is 10.6 Å². The van der Waals surface area contributed by atoms with Crippen molar-refractivity contribution < 1.29 is 0 Å². The summed E-state index contributed by atoms with van der Waals surface area (Å²) in [5.74, 6) is 1.46. The van der Waals surface area contributed by atoms with Gasteiger partial charge in [-0.3, -0.25) is 4.99 Å². The lowest BCUT2D eigenvalue weighted by Crippen LogP contribution is -2.28. The first-order valence-corrected chi connectivity index (χ1v) is 8.40. The lowest BCUT2D eigenvalue weighted by molar-refractivity contribution is 0.792.